The van der Waals surface area contributed by atoms with Gasteiger partial charge in [-0.3, -0.25) is 14.2 Å². The molecule has 6 nitrogen and oxygen atoms in total. The first-order chi connectivity index (χ1) is 9.63. The Balaban J connectivity index is 2.29. The highest BCUT2D eigenvalue weighted by molar-refractivity contribution is 9.10. The molecule has 0 aliphatic rings. The number of amides is 1. The number of nitrogens with one attached hydrogen (secondary N) is 2. The number of hydroxylamine groups is 1. The summed E-state index contributed by atoms with van der Waals surface area (Å²) in [6.45, 7) is 0. The first kappa shape index (κ1) is 14.9. The largest absolute Gasteiger partial charge is 0.348 e. The first-order valence-electron chi connectivity index (χ1n) is 5.69. The third-order valence-electron chi connectivity index (χ3n) is 2.67. The fraction of sp³-hybridized carbons (Fsp3) is 0.167. The van der Waals surface area contributed by atoms with Crippen LogP contribution in [0.2, 0.25) is 0 Å². The van der Waals surface area contributed by atoms with Gasteiger partial charge in [-0.25, -0.2) is 10.5 Å². The van der Waals surface area contributed by atoms with E-state index in [1.165, 1.54) is 6.33 Å². The molecule has 0 bridgehead atoms. The van der Waals surface area contributed by atoms with Crippen molar-refractivity contribution < 1.29 is 14.2 Å². The average molecular weight is 358 g/mol. The van der Waals surface area contributed by atoms with Crippen LogP contribution in [0.15, 0.2) is 46.2 Å². The van der Waals surface area contributed by atoms with Crippen molar-refractivity contribution in [2.24, 2.45) is 0 Å². The van der Waals surface area contributed by atoms with Crippen molar-refractivity contribution in [1.82, 2.24) is 15.4 Å². The Morgan fingerprint density at radius 3 is 2.85 bits per heavy atom. The summed E-state index contributed by atoms with van der Waals surface area (Å²) in [5, 5.41) is 7.91. The van der Waals surface area contributed by atoms with Crippen LogP contribution in [0.5, 0.6) is 0 Å². The second-order valence-electron chi connectivity index (χ2n) is 3.97. The molecule has 106 valence electrons. The molecule has 3 N–H and O–H groups in total. The maximum absolute atomic E-state index is 12.6. The molecule has 0 spiro atoms. The number of carbonyl (C=O) groups excluding carboxylic acids is 1. The lowest BCUT2D eigenvalue weighted by Crippen LogP contribution is -2.37. The standard InChI is InChI=1S/C12H12BrN3O3S/c13-9-3-1-2-4-10(9)20(19)11(12(17)16-18)5-8-6-14-7-15-8/h1-4,6-7,11,18H,5H2,(H,14,15)(H,16,17). The summed E-state index contributed by atoms with van der Waals surface area (Å²) in [6.07, 6.45) is 3.21. The van der Waals surface area contributed by atoms with E-state index < -0.39 is 22.0 Å². The van der Waals surface area contributed by atoms with Gasteiger partial charge < -0.3 is 4.98 Å². The molecule has 0 saturated carbocycles. The molecule has 1 amide bonds. The average Bonchev–Trinajstić information content (AvgIpc) is 2.97. The van der Waals surface area contributed by atoms with Gasteiger partial charge in [0.05, 0.1) is 22.0 Å². The summed E-state index contributed by atoms with van der Waals surface area (Å²) in [5.41, 5.74) is 2.23. The third-order valence-corrected chi connectivity index (χ3v) is 5.32. The molecular formula is C12H12BrN3O3S. The maximum Gasteiger partial charge on any atom is 0.259 e. The van der Waals surface area contributed by atoms with E-state index >= 15 is 0 Å². The van der Waals surface area contributed by atoms with E-state index in [2.05, 4.69) is 25.9 Å². The van der Waals surface area contributed by atoms with Gasteiger partial charge in [-0.05, 0) is 28.1 Å². The molecule has 2 atom stereocenters. The van der Waals surface area contributed by atoms with Gasteiger partial charge in [-0.2, -0.15) is 0 Å². The normalized spacial score (nSPS) is 13.7. The highest BCUT2D eigenvalue weighted by Gasteiger charge is 2.28. The van der Waals surface area contributed by atoms with Gasteiger partial charge in [0.1, 0.15) is 5.25 Å². The monoisotopic (exact) mass is 357 g/mol. The highest BCUT2D eigenvalue weighted by atomic mass is 79.9. The van der Waals surface area contributed by atoms with Crippen LogP contribution in [0.3, 0.4) is 0 Å². The summed E-state index contributed by atoms with van der Waals surface area (Å²) >= 11 is 3.31. The lowest BCUT2D eigenvalue weighted by molar-refractivity contribution is -0.128. The van der Waals surface area contributed by atoms with Crippen LogP contribution in [0.25, 0.3) is 0 Å². The fourth-order valence-electron chi connectivity index (χ4n) is 1.69. The molecule has 0 aliphatic heterocycles. The molecule has 0 radical (unpaired) electrons. The summed E-state index contributed by atoms with van der Waals surface area (Å²) in [5.74, 6) is -0.700. The minimum atomic E-state index is -1.61. The van der Waals surface area contributed by atoms with Crippen LogP contribution in [0.1, 0.15) is 5.69 Å². The van der Waals surface area contributed by atoms with Crippen LogP contribution < -0.4 is 5.48 Å². The first-order valence-corrected chi connectivity index (χ1v) is 7.70. The Morgan fingerprint density at radius 2 is 2.25 bits per heavy atom. The van der Waals surface area contributed by atoms with Gasteiger partial charge in [-0.15, -0.1) is 0 Å². The number of aromatic nitrogens is 2. The number of imidazole rings is 1. The zero-order valence-electron chi connectivity index (χ0n) is 10.2. The lowest BCUT2D eigenvalue weighted by atomic mass is 10.2. The quantitative estimate of drug-likeness (QED) is 0.556. The molecule has 0 saturated heterocycles. The fourth-order valence-corrected chi connectivity index (χ4v) is 3.82. The van der Waals surface area contributed by atoms with E-state index in [0.717, 1.165) is 0 Å². The summed E-state index contributed by atoms with van der Waals surface area (Å²) in [7, 11) is -1.61. The number of benzene rings is 1. The van der Waals surface area contributed by atoms with Crippen molar-refractivity contribution in [1.29, 1.82) is 0 Å². The van der Waals surface area contributed by atoms with Gasteiger partial charge in [-0.1, -0.05) is 12.1 Å². The van der Waals surface area contributed by atoms with Crippen molar-refractivity contribution in [2.75, 3.05) is 0 Å². The Labute approximate surface area is 126 Å². The number of nitrogens with zero attached hydrogens (tertiary/aromatic N) is 1. The van der Waals surface area contributed by atoms with Crippen LogP contribution in [0, 0.1) is 0 Å². The molecule has 2 aromatic rings. The van der Waals surface area contributed by atoms with Gasteiger partial charge in [0.15, 0.2) is 0 Å². The van der Waals surface area contributed by atoms with E-state index in [9.17, 15) is 9.00 Å². The Bertz CT molecular complexity index is 618. The van der Waals surface area contributed by atoms with Crippen molar-refractivity contribution in [3.8, 4) is 0 Å². The van der Waals surface area contributed by atoms with Crippen LogP contribution in [-0.4, -0.2) is 30.5 Å². The van der Waals surface area contributed by atoms with Crippen molar-refractivity contribution in [3.05, 3.63) is 47.0 Å². The zero-order chi connectivity index (χ0) is 14.5. The Hall–Kier alpha value is -1.51. The van der Waals surface area contributed by atoms with E-state index in [1.807, 2.05) is 0 Å². The minimum absolute atomic E-state index is 0.181. The minimum Gasteiger partial charge on any atom is -0.348 e. The zero-order valence-corrected chi connectivity index (χ0v) is 12.6. The number of aromatic amines is 1. The second-order valence-corrected chi connectivity index (χ2v) is 6.43. The van der Waals surface area contributed by atoms with Crippen molar-refractivity contribution in [2.45, 2.75) is 16.6 Å². The second kappa shape index (κ2) is 6.78. The lowest BCUT2D eigenvalue weighted by Gasteiger charge is -2.14. The molecular weight excluding hydrogens is 346 g/mol. The van der Waals surface area contributed by atoms with Gasteiger partial charge in [0.2, 0.25) is 0 Å². The molecule has 2 rings (SSSR count). The summed E-state index contributed by atoms with van der Waals surface area (Å²) < 4.78 is 13.2. The van der Waals surface area contributed by atoms with E-state index in [4.69, 9.17) is 5.21 Å². The molecule has 2 unspecified atom stereocenters. The van der Waals surface area contributed by atoms with Gasteiger partial charge in [0.25, 0.3) is 5.91 Å². The smallest absolute Gasteiger partial charge is 0.259 e. The van der Waals surface area contributed by atoms with E-state index in [-0.39, 0.29) is 6.42 Å². The van der Waals surface area contributed by atoms with Gasteiger partial charge in [0, 0.05) is 22.8 Å². The predicted molar refractivity (Wildman–Crippen MR) is 76.6 cm³/mol. The summed E-state index contributed by atoms with van der Waals surface area (Å²) in [4.78, 5) is 19.0. The molecule has 0 fully saturated rings. The molecule has 8 heteroatoms. The molecule has 1 aromatic heterocycles. The maximum atomic E-state index is 12.6. The number of hydrogen-bond donors (Lipinski definition) is 3. The van der Waals surface area contributed by atoms with E-state index in [0.29, 0.717) is 15.1 Å². The number of H-pyrrole nitrogens is 1. The number of carbonyl (C=O) groups is 1. The highest BCUT2D eigenvalue weighted by Crippen LogP contribution is 2.23. The van der Waals surface area contributed by atoms with Crippen LogP contribution in [-0.2, 0) is 22.0 Å². The predicted octanol–water partition coefficient (Wildman–Crippen LogP) is 1.40. The van der Waals surface area contributed by atoms with E-state index in [1.54, 1.807) is 35.9 Å². The number of halogens is 1. The Kier molecular flexibility index (Phi) is 5.05. The topological polar surface area (TPSA) is 95.1 Å². The third kappa shape index (κ3) is 3.33. The SMILES string of the molecule is O=C(NO)C(Cc1cnc[nH]1)S(=O)c1ccccc1Br. The number of hydrogen-bond acceptors (Lipinski definition) is 4. The molecule has 1 aromatic carbocycles. The molecule has 20 heavy (non-hydrogen) atoms. The van der Waals surface area contributed by atoms with Crippen LogP contribution in [0.4, 0.5) is 0 Å². The molecule has 0 aliphatic carbocycles. The van der Waals surface area contributed by atoms with Crippen molar-refractivity contribution >= 4 is 32.6 Å². The number of rotatable bonds is 5. The molecule has 1 heterocycles. The van der Waals surface area contributed by atoms with Crippen molar-refractivity contribution in [3.63, 3.8) is 0 Å². The Morgan fingerprint density at radius 1 is 1.50 bits per heavy atom. The van der Waals surface area contributed by atoms with Crippen LogP contribution >= 0.6 is 15.9 Å². The summed E-state index contributed by atoms with van der Waals surface area (Å²) in [6, 6.07) is 6.95. The van der Waals surface area contributed by atoms with Gasteiger partial charge >= 0.3 is 0 Å².